The largest absolute Gasteiger partial charge is 0.417 e. The summed E-state index contributed by atoms with van der Waals surface area (Å²) in [4.78, 5) is 0. The molecule has 2 saturated heterocycles. The fourth-order valence-corrected chi connectivity index (χ4v) is 6.83. The third kappa shape index (κ3) is 4.70. The monoisotopic (exact) mass is 464 g/mol. The second-order valence-corrected chi connectivity index (χ2v) is 17.4. The highest BCUT2D eigenvalue weighted by molar-refractivity contribution is 6.74. The predicted molar refractivity (Wildman–Crippen MR) is 134 cm³/mol. The number of allylic oxidation sites excluding steroid dienone is 3. The van der Waals surface area contributed by atoms with Crippen LogP contribution in [0.1, 0.15) is 80.6 Å². The average molecular weight is 465 g/mol. The maximum atomic E-state index is 6.92. The zero-order chi connectivity index (χ0) is 24.0. The zero-order valence-electron chi connectivity index (χ0n) is 22.4. The van der Waals surface area contributed by atoms with Crippen molar-refractivity contribution in [3.63, 3.8) is 0 Å². The van der Waals surface area contributed by atoms with Crippen LogP contribution in [0.25, 0.3) is 0 Å². The van der Waals surface area contributed by atoms with Gasteiger partial charge in [-0.3, -0.25) is 0 Å². The van der Waals surface area contributed by atoms with Gasteiger partial charge in [0.2, 0.25) is 0 Å². The van der Waals surface area contributed by atoms with E-state index in [1.54, 1.807) is 7.11 Å². The van der Waals surface area contributed by atoms with E-state index in [1.807, 2.05) is 0 Å². The van der Waals surface area contributed by atoms with Crippen LogP contribution >= 0.6 is 0 Å². The van der Waals surface area contributed by atoms with E-state index in [0.717, 1.165) is 38.7 Å². The molecule has 2 heterocycles. The van der Waals surface area contributed by atoms with Gasteiger partial charge in [-0.15, -0.1) is 0 Å². The van der Waals surface area contributed by atoms with E-state index in [1.165, 1.54) is 11.1 Å². The van der Waals surface area contributed by atoms with Gasteiger partial charge in [0.15, 0.2) is 14.1 Å². The molecule has 0 unspecified atom stereocenters. The Morgan fingerprint density at radius 2 is 1.94 bits per heavy atom. The highest BCUT2D eigenvalue weighted by atomic mass is 28.4. The summed E-state index contributed by atoms with van der Waals surface area (Å²) in [6.07, 6.45) is 9.96. The van der Waals surface area contributed by atoms with Crippen LogP contribution in [0.15, 0.2) is 23.3 Å². The van der Waals surface area contributed by atoms with E-state index < -0.39 is 14.1 Å². The summed E-state index contributed by atoms with van der Waals surface area (Å²) in [5.41, 5.74) is 2.47. The first-order chi connectivity index (χ1) is 14.7. The molecule has 0 amide bonds. The third-order valence-corrected chi connectivity index (χ3v) is 13.4. The zero-order valence-corrected chi connectivity index (χ0v) is 23.4. The van der Waals surface area contributed by atoms with Crippen molar-refractivity contribution in [2.75, 3.05) is 20.3 Å². The number of hydrogen-bond acceptors (Lipinski definition) is 4. The van der Waals surface area contributed by atoms with Gasteiger partial charge >= 0.3 is 0 Å². The van der Waals surface area contributed by atoms with Gasteiger partial charge in [0, 0.05) is 26.1 Å². The first kappa shape index (κ1) is 26.1. The summed E-state index contributed by atoms with van der Waals surface area (Å²) < 4.78 is 25.8. The summed E-state index contributed by atoms with van der Waals surface area (Å²) in [5, 5.41) is 0.215. The molecule has 5 atom stereocenters. The van der Waals surface area contributed by atoms with E-state index in [0.29, 0.717) is 12.5 Å². The van der Waals surface area contributed by atoms with Crippen LogP contribution in [0.2, 0.25) is 18.1 Å². The number of hydrogen-bond donors (Lipinski definition) is 0. The van der Waals surface area contributed by atoms with Crippen molar-refractivity contribution in [3.8, 4) is 0 Å². The molecule has 0 aromatic heterocycles. The van der Waals surface area contributed by atoms with Crippen molar-refractivity contribution in [2.45, 2.75) is 116 Å². The first-order valence-electron chi connectivity index (χ1n) is 12.5. The Bertz CT molecular complexity index is 747. The fourth-order valence-electron chi connectivity index (χ4n) is 5.77. The molecule has 3 rings (SSSR count). The van der Waals surface area contributed by atoms with Gasteiger partial charge in [-0.05, 0) is 75.6 Å². The molecule has 0 N–H and O–H groups in total. The van der Waals surface area contributed by atoms with Gasteiger partial charge in [-0.25, -0.2) is 0 Å². The second kappa shape index (κ2) is 8.96. The molecule has 1 spiro atoms. The smallest absolute Gasteiger partial charge is 0.191 e. The quantitative estimate of drug-likeness (QED) is 0.286. The average Bonchev–Trinajstić information content (AvgIpc) is 3.14. The van der Waals surface area contributed by atoms with Crippen molar-refractivity contribution in [1.82, 2.24) is 0 Å². The summed E-state index contributed by atoms with van der Waals surface area (Å²) in [6, 6.07) is 0. The number of ether oxygens (including phenoxy) is 3. The van der Waals surface area contributed by atoms with Crippen molar-refractivity contribution < 1.29 is 18.6 Å². The molecule has 184 valence electrons. The molecule has 5 heteroatoms. The summed E-state index contributed by atoms with van der Waals surface area (Å²) in [6.45, 7) is 22.0. The van der Waals surface area contributed by atoms with Crippen LogP contribution in [0.5, 0.6) is 0 Å². The molecule has 3 aliphatic rings. The number of rotatable bonds is 8. The molecule has 2 fully saturated rings. The van der Waals surface area contributed by atoms with Crippen LogP contribution in [-0.4, -0.2) is 46.1 Å². The lowest BCUT2D eigenvalue weighted by molar-refractivity contribution is -0.242. The van der Waals surface area contributed by atoms with Crippen molar-refractivity contribution in [2.24, 2.45) is 11.3 Å². The highest BCUT2D eigenvalue weighted by Gasteiger charge is 2.67. The lowest BCUT2D eigenvalue weighted by Crippen LogP contribution is -2.55. The van der Waals surface area contributed by atoms with Gasteiger partial charge < -0.3 is 18.6 Å². The van der Waals surface area contributed by atoms with Crippen LogP contribution in [0, 0.1) is 11.3 Å². The van der Waals surface area contributed by atoms with Gasteiger partial charge in [0.05, 0.1) is 12.7 Å². The molecule has 4 nitrogen and oxygen atoms in total. The minimum Gasteiger partial charge on any atom is -0.417 e. The molecule has 0 radical (unpaired) electrons. The molecule has 0 bridgehead atoms. The molecule has 1 aliphatic carbocycles. The molecule has 0 aromatic carbocycles. The lowest BCUT2D eigenvalue weighted by Gasteiger charge is -2.51. The Kier molecular flexibility index (Phi) is 7.32. The van der Waals surface area contributed by atoms with Crippen molar-refractivity contribution in [1.29, 1.82) is 0 Å². The van der Waals surface area contributed by atoms with Crippen LogP contribution in [0.3, 0.4) is 0 Å². The van der Waals surface area contributed by atoms with E-state index in [9.17, 15) is 0 Å². The molecule has 0 aromatic rings. The topological polar surface area (TPSA) is 36.9 Å². The maximum Gasteiger partial charge on any atom is 0.191 e. The Hall–Kier alpha value is -0.463. The Balaban J connectivity index is 1.92. The minimum absolute atomic E-state index is 0.0552. The van der Waals surface area contributed by atoms with Crippen molar-refractivity contribution >= 4 is 8.32 Å². The maximum absolute atomic E-state index is 6.92. The Morgan fingerprint density at radius 3 is 2.53 bits per heavy atom. The number of methoxy groups -OCH3 is 1. The third-order valence-electron chi connectivity index (χ3n) is 8.91. The van der Waals surface area contributed by atoms with E-state index in [2.05, 4.69) is 73.7 Å². The van der Waals surface area contributed by atoms with Crippen LogP contribution in [-0.2, 0) is 18.6 Å². The molecule has 2 aliphatic heterocycles. The van der Waals surface area contributed by atoms with Gasteiger partial charge in [0.25, 0.3) is 0 Å². The van der Waals surface area contributed by atoms with E-state index >= 15 is 0 Å². The van der Waals surface area contributed by atoms with Crippen LogP contribution in [0.4, 0.5) is 0 Å². The van der Waals surface area contributed by atoms with Gasteiger partial charge in [-0.1, -0.05) is 45.4 Å². The van der Waals surface area contributed by atoms with Crippen LogP contribution < -0.4 is 0 Å². The molecule has 32 heavy (non-hydrogen) atoms. The second-order valence-electron chi connectivity index (χ2n) is 12.6. The Morgan fingerprint density at radius 1 is 1.25 bits per heavy atom. The lowest BCUT2D eigenvalue weighted by atomic mass is 9.57. The van der Waals surface area contributed by atoms with E-state index in [4.69, 9.17) is 18.6 Å². The molecular formula is C27H48O4Si. The van der Waals surface area contributed by atoms with Crippen molar-refractivity contribution in [3.05, 3.63) is 23.3 Å². The predicted octanol–water partition coefficient (Wildman–Crippen LogP) is 7.02. The summed E-state index contributed by atoms with van der Waals surface area (Å²) in [7, 11) is -0.0442. The molecular weight excluding hydrogens is 416 g/mol. The fraction of sp³-hybridized carbons (Fsp3) is 0.852. The normalized spacial score (nSPS) is 37.1. The Labute approximate surface area is 198 Å². The summed E-state index contributed by atoms with van der Waals surface area (Å²) in [5.74, 6) is -0.254. The highest BCUT2D eigenvalue weighted by Crippen LogP contribution is 2.61. The summed E-state index contributed by atoms with van der Waals surface area (Å²) >= 11 is 0. The molecule has 0 saturated carbocycles. The SMILES string of the molecule is CO[C@@]1(C)C[C@@H]2OCC3=CC[C@](C)(CCC=C(C)C)[C@@H](CCO[Si](C)(C)C(C)(C)C)[C@]32O1. The van der Waals surface area contributed by atoms with E-state index in [-0.39, 0.29) is 22.2 Å². The van der Waals surface area contributed by atoms with Gasteiger partial charge in [-0.2, -0.15) is 0 Å². The minimum atomic E-state index is -1.80. The standard InChI is InChI=1S/C27H48O4Si/c1-20(2)12-11-15-25(6)16-13-21-19-29-23-18-26(7,28-8)31-27(21,23)22(25)14-17-30-32(9,10)24(3,4)5/h12-13,22-23H,11,14-19H2,1-10H3/t22-,23+,25+,26-,27-/m1/s1. The van der Waals surface area contributed by atoms with Gasteiger partial charge in [0.1, 0.15) is 5.60 Å². The first-order valence-corrected chi connectivity index (χ1v) is 15.4.